The lowest BCUT2D eigenvalue weighted by atomic mass is 10.0. The summed E-state index contributed by atoms with van der Waals surface area (Å²) in [7, 11) is 0. The third-order valence-electron chi connectivity index (χ3n) is 6.61. The molecule has 1 aromatic heterocycles. The lowest BCUT2D eigenvalue weighted by molar-refractivity contribution is 0.0450. The summed E-state index contributed by atoms with van der Waals surface area (Å²) in [6, 6.07) is 5.09. The Hall–Kier alpha value is -3.16. The molecule has 3 rings (SSSR count). The zero-order valence-corrected chi connectivity index (χ0v) is 22.1. The lowest BCUT2D eigenvalue weighted by Crippen LogP contribution is -2.30. The first kappa shape index (κ1) is 27.4. The van der Waals surface area contributed by atoms with Crippen LogP contribution in [0.15, 0.2) is 59.4 Å². The van der Waals surface area contributed by atoms with Crippen molar-refractivity contribution in [3.8, 4) is 5.75 Å². The molecule has 36 heavy (non-hydrogen) atoms. The molecule has 7 heteroatoms. The number of rotatable bonds is 10. The fraction of sp³-hybridized carbons (Fsp3) is 0.414. The maximum Gasteiger partial charge on any atom is 0.165 e. The Bertz CT molecular complexity index is 1180. The fourth-order valence-electron chi connectivity index (χ4n) is 4.48. The van der Waals surface area contributed by atoms with E-state index in [4.69, 9.17) is 15.6 Å². The highest BCUT2D eigenvalue weighted by Gasteiger charge is 2.21. The van der Waals surface area contributed by atoms with Gasteiger partial charge in [0.2, 0.25) is 0 Å². The molecule has 1 saturated heterocycles. The number of benzene rings is 1. The number of aromatic nitrogens is 1. The van der Waals surface area contributed by atoms with Crippen LogP contribution in [0, 0.1) is 19.7 Å². The Morgan fingerprint density at radius 2 is 2.08 bits per heavy atom. The average molecular weight is 495 g/mol. The molecule has 194 valence electrons. The Labute approximate surface area is 214 Å². The van der Waals surface area contributed by atoms with E-state index in [9.17, 15) is 9.50 Å². The van der Waals surface area contributed by atoms with Crippen molar-refractivity contribution >= 4 is 11.8 Å². The van der Waals surface area contributed by atoms with Crippen molar-refractivity contribution in [2.75, 3.05) is 19.6 Å². The molecular formula is C29H39FN4O2. The van der Waals surface area contributed by atoms with Crippen molar-refractivity contribution in [2.45, 2.75) is 59.6 Å². The normalized spacial score (nSPS) is 18.2. The van der Waals surface area contributed by atoms with Crippen LogP contribution in [0.5, 0.6) is 5.75 Å². The number of hydrogen-bond acceptors (Lipinski definition) is 5. The van der Waals surface area contributed by atoms with Gasteiger partial charge in [-0.25, -0.2) is 4.39 Å². The van der Waals surface area contributed by atoms with Crippen LogP contribution in [0.3, 0.4) is 0 Å². The predicted octanol–water partition coefficient (Wildman–Crippen LogP) is 5.50. The van der Waals surface area contributed by atoms with Gasteiger partial charge < -0.3 is 15.7 Å². The van der Waals surface area contributed by atoms with Crippen molar-refractivity contribution in [1.29, 1.82) is 0 Å². The van der Waals surface area contributed by atoms with Crippen molar-refractivity contribution in [3.05, 3.63) is 82.6 Å². The van der Waals surface area contributed by atoms with Crippen molar-refractivity contribution in [1.82, 2.24) is 9.63 Å². The van der Waals surface area contributed by atoms with Gasteiger partial charge >= 0.3 is 0 Å². The van der Waals surface area contributed by atoms with Gasteiger partial charge in [-0.05, 0) is 75.4 Å². The molecule has 0 saturated carbocycles. The molecule has 2 aromatic rings. The molecule has 0 bridgehead atoms. The molecule has 1 aromatic carbocycles. The summed E-state index contributed by atoms with van der Waals surface area (Å²) in [5, 5.41) is 10.2. The minimum Gasteiger partial charge on any atom is -0.505 e. The van der Waals surface area contributed by atoms with Gasteiger partial charge in [0.25, 0.3) is 0 Å². The van der Waals surface area contributed by atoms with Crippen LogP contribution in [0.4, 0.5) is 4.39 Å². The second-order valence-electron chi connectivity index (χ2n) is 9.43. The number of aryl methyl sites for hydroxylation is 2. The van der Waals surface area contributed by atoms with Crippen LogP contribution in [-0.2, 0) is 0 Å². The second-order valence-corrected chi connectivity index (χ2v) is 9.43. The summed E-state index contributed by atoms with van der Waals surface area (Å²) >= 11 is 0. The van der Waals surface area contributed by atoms with E-state index in [0.29, 0.717) is 5.56 Å². The molecule has 0 amide bonds. The monoisotopic (exact) mass is 494 g/mol. The Morgan fingerprint density at radius 1 is 1.33 bits per heavy atom. The number of nitrogens with zero attached hydrogens (tertiary/aromatic N) is 3. The number of phenolic OH excluding ortho intramolecular Hbond substituents is 1. The van der Waals surface area contributed by atoms with Crippen LogP contribution in [0.25, 0.3) is 6.08 Å². The number of halogens is 1. The fourth-order valence-corrected chi connectivity index (χ4v) is 4.48. The molecule has 2 unspecified atom stereocenters. The van der Waals surface area contributed by atoms with Gasteiger partial charge in [-0.3, -0.25) is 9.89 Å². The third-order valence-corrected chi connectivity index (χ3v) is 6.61. The summed E-state index contributed by atoms with van der Waals surface area (Å²) in [6.07, 6.45) is 8.97. The SMILES string of the molecule is C=C(/C=C\c1c(C)ccn1OC(C)c1c(C)ccc(F)c1O)/C(=C/C)N=C(CC)CN1CCC(N)C1. The van der Waals surface area contributed by atoms with Gasteiger partial charge in [-0.15, -0.1) is 0 Å². The number of aromatic hydroxyl groups is 1. The smallest absolute Gasteiger partial charge is 0.165 e. The molecule has 0 spiro atoms. The van der Waals surface area contributed by atoms with E-state index in [2.05, 4.69) is 18.4 Å². The zero-order valence-electron chi connectivity index (χ0n) is 22.1. The van der Waals surface area contributed by atoms with E-state index in [1.54, 1.807) is 17.7 Å². The average Bonchev–Trinajstić information content (AvgIpc) is 3.41. The number of likely N-dealkylation sites (tertiary alicyclic amines) is 1. The van der Waals surface area contributed by atoms with E-state index in [1.807, 2.05) is 51.3 Å². The van der Waals surface area contributed by atoms with E-state index in [1.165, 1.54) is 6.07 Å². The van der Waals surface area contributed by atoms with Crippen molar-refractivity contribution < 1.29 is 14.3 Å². The van der Waals surface area contributed by atoms with Crippen LogP contribution in [0.2, 0.25) is 0 Å². The van der Waals surface area contributed by atoms with Gasteiger partial charge in [0, 0.05) is 43.1 Å². The van der Waals surface area contributed by atoms with E-state index in [0.717, 1.165) is 66.3 Å². The van der Waals surface area contributed by atoms with E-state index < -0.39 is 11.9 Å². The standard InChI is InChI=1S/C29H39FN4O2/c1-7-24(18-33-15-14-23(31)17-33)32-26(8-2)19(3)10-12-27-20(4)13-16-34(27)36-22(6)28-21(5)9-11-25(30)29(28)35/h8-13,16,22-23,35H,3,7,14-15,17-18,31H2,1-2,4-6H3/b12-10-,26-8-,32-24?. The van der Waals surface area contributed by atoms with Crippen LogP contribution < -0.4 is 10.6 Å². The third kappa shape index (κ3) is 6.53. The number of phenols is 1. The summed E-state index contributed by atoms with van der Waals surface area (Å²) in [4.78, 5) is 13.4. The van der Waals surface area contributed by atoms with Crippen molar-refractivity contribution in [2.24, 2.45) is 10.7 Å². The predicted molar refractivity (Wildman–Crippen MR) is 146 cm³/mol. The Morgan fingerprint density at radius 3 is 2.72 bits per heavy atom. The molecule has 2 heterocycles. The van der Waals surface area contributed by atoms with E-state index >= 15 is 0 Å². The molecule has 2 atom stereocenters. The molecule has 1 fully saturated rings. The van der Waals surface area contributed by atoms with Gasteiger partial charge in [-0.1, -0.05) is 31.7 Å². The quantitative estimate of drug-likeness (QED) is 0.338. The Balaban J connectivity index is 1.76. The lowest BCUT2D eigenvalue weighted by Gasteiger charge is -2.20. The minimum absolute atomic E-state index is 0.250. The number of hydrogen-bond donors (Lipinski definition) is 2. The zero-order chi connectivity index (χ0) is 26.4. The molecular weight excluding hydrogens is 455 g/mol. The Kier molecular flexibility index (Phi) is 9.29. The molecule has 1 aliphatic rings. The maximum absolute atomic E-state index is 13.9. The molecule has 6 nitrogen and oxygen atoms in total. The van der Waals surface area contributed by atoms with Crippen molar-refractivity contribution in [3.63, 3.8) is 0 Å². The van der Waals surface area contributed by atoms with Gasteiger partial charge in [-0.2, -0.15) is 4.73 Å². The first-order chi connectivity index (χ1) is 17.1. The summed E-state index contributed by atoms with van der Waals surface area (Å²) in [5.74, 6) is -1.04. The van der Waals surface area contributed by atoms with E-state index in [-0.39, 0.29) is 11.8 Å². The highest BCUT2D eigenvalue weighted by molar-refractivity contribution is 5.87. The summed E-state index contributed by atoms with van der Waals surface area (Å²) in [6.45, 7) is 16.6. The van der Waals surface area contributed by atoms with Gasteiger partial charge in [0.1, 0.15) is 0 Å². The molecule has 0 radical (unpaired) electrons. The van der Waals surface area contributed by atoms with Crippen LogP contribution >= 0.6 is 0 Å². The second kappa shape index (κ2) is 12.2. The van der Waals surface area contributed by atoms with Gasteiger partial charge in [0.05, 0.1) is 11.4 Å². The summed E-state index contributed by atoms with van der Waals surface area (Å²) in [5.41, 5.74) is 11.8. The highest BCUT2D eigenvalue weighted by atomic mass is 19.1. The molecule has 0 aliphatic carbocycles. The first-order valence-corrected chi connectivity index (χ1v) is 12.6. The molecule has 3 N–H and O–H groups in total. The number of allylic oxidation sites excluding steroid dienone is 2. The first-order valence-electron chi connectivity index (χ1n) is 12.6. The largest absolute Gasteiger partial charge is 0.505 e. The highest BCUT2D eigenvalue weighted by Crippen LogP contribution is 2.31. The van der Waals surface area contributed by atoms with Gasteiger partial charge in [0.15, 0.2) is 17.7 Å². The van der Waals surface area contributed by atoms with Crippen LogP contribution in [0.1, 0.15) is 62.1 Å². The topological polar surface area (TPSA) is 76.0 Å². The minimum atomic E-state index is -0.662. The number of aliphatic imine (C=N–C) groups is 1. The van der Waals surface area contributed by atoms with Crippen LogP contribution in [-0.4, -0.2) is 46.1 Å². The summed E-state index contributed by atoms with van der Waals surface area (Å²) < 4.78 is 15.6. The maximum atomic E-state index is 13.9. The number of nitrogens with two attached hydrogens (primary N) is 1. The molecule has 1 aliphatic heterocycles.